The van der Waals surface area contributed by atoms with Crippen molar-refractivity contribution in [2.75, 3.05) is 7.11 Å². The monoisotopic (exact) mass is 96.0 g/mol. The van der Waals surface area contributed by atoms with E-state index in [2.05, 4.69) is 13.2 Å². The molecule has 2 heteroatoms. The zero-order valence-electron chi connectivity index (χ0n) is 3.27. The van der Waals surface area contributed by atoms with E-state index in [1.807, 2.05) is 0 Å². The van der Waals surface area contributed by atoms with E-state index >= 15 is 0 Å². The van der Waals surface area contributed by atoms with Crippen LogP contribution in [0.5, 0.6) is 0 Å². The molecule has 0 heterocycles. The van der Waals surface area contributed by atoms with Gasteiger partial charge in [0.15, 0.2) is 0 Å². The zero-order valence-corrected chi connectivity index (χ0v) is 4.09. The van der Waals surface area contributed by atoms with E-state index in [4.69, 9.17) is 5.11 Å². The summed E-state index contributed by atoms with van der Waals surface area (Å²) in [6.45, 7) is 6.00. The first-order valence-electron chi connectivity index (χ1n) is 0.947. The minimum absolute atomic E-state index is 0. The average Bonchev–Trinajstić information content (AvgIpc) is 1.50. The Morgan fingerprint density at radius 1 is 1.20 bits per heavy atom. The molecule has 34 valence electrons. The number of aliphatic hydroxyl groups excluding tert-OH is 1. The molecule has 5 heavy (non-hydrogen) atoms. The molecule has 1 N–H and O–H groups in total. The summed E-state index contributed by atoms with van der Waals surface area (Å²) < 4.78 is 0. The van der Waals surface area contributed by atoms with Crippen molar-refractivity contribution in [3.8, 4) is 0 Å². The third-order valence-electron chi connectivity index (χ3n) is 0. The Morgan fingerprint density at radius 2 is 1.20 bits per heavy atom. The molecule has 0 aliphatic carbocycles. The molecule has 0 rings (SSSR count). The fraction of sp³-hybridized carbons (Fsp3) is 0.333. The van der Waals surface area contributed by atoms with Gasteiger partial charge in [-0.2, -0.15) is 0 Å². The first-order chi connectivity index (χ1) is 2.00. The second-order valence-corrected chi connectivity index (χ2v) is 0. The number of aliphatic hydroxyl groups is 1. The van der Waals surface area contributed by atoms with E-state index in [9.17, 15) is 0 Å². The topological polar surface area (TPSA) is 20.2 Å². The smallest absolute Gasteiger partial charge is 0.0319 e. The summed E-state index contributed by atoms with van der Waals surface area (Å²) >= 11 is 0. The Morgan fingerprint density at radius 3 is 1.20 bits per heavy atom. The maximum atomic E-state index is 7.00. The maximum Gasteiger partial charge on any atom is 0.0319 e. The van der Waals surface area contributed by atoms with Crippen molar-refractivity contribution in [2.45, 2.75) is 0 Å². The molecule has 0 saturated heterocycles. The van der Waals surface area contributed by atoms with Crippen molar-refractivity contribution in [1.82, 2.24) is 0 Å². The first kappa shape index (κ1) is 20.1. The Labute approximate surface area is 38.7 Å². The normalized spacial score (nSPS) is 2.00. The quantitative estimate of drug-likeness (QED) is 0.443. The lowest BCUT2D eigenvalue weighted by atomic mass is 11.3. The van der Waals surface area contributed by atoms with Crippen LogP contribution in [0.2, 0.25) is 0 Å². The van der Waals surface area contributed by atoms with E-state index in [-0.39, 0.29) is 12.4 Å². The zero-order chi connectivity index (χ0) is 4.00. The van der Waals surface area contributed by atoms with Crippen LogP contribution in [0.1, 0.15) is 0 Å². The van der Waals surface area contributed by atoms with Gasteiger partial charge in [0.1, 0.15) is 0 Å². The Kier molecular flexibility index (Phi) is 1430000. The molecule has 0 bridgehead atoms. The summed E-state index contributed by atoms with van der Waals surface area (Å²) in [7, 11) is 1.00. The highest BCUT2D eigenvalue weighted by molar-refractivity contribution is 5.85. The predicted molar refractivity (Wildman–Crippen MR) is 26.6 cm³/mol. The van der Waals surface area contributed by atoms with Gasteiger partial charge in [-0.05, 0) is 0 Å². The second-order valence-electron chi connectivity index (χ2n) is 0. The van der Waals surface area contributed by atoms with Crippen molar-refractivity contribution in [2.24, 2.45) is 0 Å². The molecule has 0 amide bonds. The van der Waals surface area contributed by atoms with Gasteiger partial charge in [0.05, 0.1) is 0 Å². The molecule has 0 aromatic rings. The molecule has 0 fully saturated rings. The van der Waals surface area contributed by atoms with E-state index in [0.29, 0.717) is 0 Å². The van der Waals surface area contributed by atoms with Crippen LogP contribution in [0, 0.1) is 0 Å². The van der Waals surface area contributed by atoms with Crippen molar-refractivity contribution >= 4 is 12.4 Å². The molecule has 0 aromatic carbocycles. The van der Waals surface area contributed by atoms with Crippen LogP contribution in [0.4, 0.5) is 0 Å². The van der Waals surface area contributed by atoms with E-state index in [1.165, 1.54) is 0 Å². The molecule has 0 atom stereocenters. The fourth-order valence-electron chi connectivity index (χ4n) is 0. The number of hydrogen-bond acceptors (Lipinski definition) is 1. The van der Waals surface area contributed by atoms with Gasteiger partial charge in [-0.25, -0.2) is 0 Å². The highest BCUT2D eigenvalue weighted by Gasteiger charge is 0.839. The molecule has 0 aromatic heterocycles. The van der Waals surface area contributed by atoms with Crippen LogP contribution in [0.15, 0.2) is 13.2 Å². The van der Waals surface area contributed by atoms with Gasteiger partial charge in [0, 0.05) is 7.11 Å². The molecular weight excluding hydrogens is 87.5 g/mol. The molecule has 0 spiro atoms. The van der Waals surface area contributed by atoms with E-state index in [1.54, 1.807) is 0 Å². The van der Waals surface area contributed by atoms with E-state index in [0.717, 1.165) is 7.11 Å². The third kappa shape index (κ3) is 158000. The number of rotatable bonds is 0. The van der Waals surface area contributed by atoms with Crippen LogP contribution < -0.4 is 0 Å². The van der Waals surface area contributed by atoms with Crippen LogP contribution in [0.25, 0.3) is 0 Å². The fourth-order valence-corrected chi connectivity index (χ4v) is 0. The second kappa shape index (κ2) is 357000. The van der Waals surface area contributed by atoms with Gasteiger partial charge < -0.3 is 5.11 Å². The van der Waals surface area contributed by atoms with Gasteiger partial charge >= 0.3 is 0 Å². The lowest BCUT2D eigenvalue weighted by Crippen LogP contribution is -1.25. The molecule has 0 unspecified atom stereocenters. The van der Waals surface area contributed by atoms with Crippen molar-refractivity contribution in [3.05, 3.63) is 13.2 Å². The predicted octanol–water partition coefficient (Wildman–Crippen LogP) is 0.833. The van der Waals surface area contributed by atoms with Crippen molar-refractivity contribution in [3.63, 3.8) is 0 Å². The Hall–Kier alpha value is -0.0100. The number of hydrogen-bond donors (Lipinski definition) is 1. The molecule has 0 saturated carbocycles. The SMILES string of the molecule is C=C.CO.Cl. The third-order valence-corrected chi connectivity index (χ3v) is 0. The molecule has 0 aliphatic rings. The van der Waals surface area contributed by atoms with Gasteiger partial charge in [-0.1, -0.05) is 0 Å². The Bertz CT molecular complexity index is 6.85. The van der Waals surface area contributed by atoms with Crippen LogP contribution in [-0.2, 0) is 0 Å². The average molecular weight is 96.6 g/mol. The Balaban J connectivity index is -0.0000000133. The van der Waals surface area contributed by atoms with Gasteiger partial charge in [-0.15, -0.1) is 25.6 Å². The van der Waals surface area contributed by atoms with E-state index < -0.39 is 0 Å². The van der Waals surface area contributed by atoms with Crippen molar-refractivity contribution in [1.29, 1.82) is 0 Å². The highest BCUT2D eigenvalue weighted by Crippen LogP contribution is 0.862. The van der Waals surface area contributed by atoms with Gasteiger partial charge in [-0.3, -0.25) is 0 Å². The van der Waals surface area contributed by atoms with Crippen LogP contribution >= 0.6 is 12.4 Å². The van der Waals surface area contributed by atoms with Crippen LogP contribution in [-0.4, -0.2) is 12.2 Å². The largest absolute Gasteiger partial charge is 0.400 e. The lowest BCUT2D eigenvalue weighted by molar-refractivity contribution is 0.399. The van der Waals surface area contributed by atoms with Crippen molar-refractivity contribution < 1.29 is 5.11 Å². The summed E-state index contributed by atoms with van der Waals surface area (Å²) in [6.07, 6.45) is 0. The molecule has 0 radical (unpaired) electrons. The number of halogens is 1. The summed E-state index contributed by atoms with van der Waals surface area (Å²) in [5.74, 6) is 0. The summed E-state index contributed by atoms with van der Waals surface area (Å²) in [4.78, 5) is 0. The molecular formula is C3H9ClO. The lowest BCUT2D eigenvalue weighted by Gasteiger charge is -1.21. The summed E-state index contributed by atoms with van der Waals surface area (Å²) in [5.41, 5.74) is 0. The standard InChI is InChI=1S/C2H4.CH4O.ClH/c2*1-2;/h1-2H2;2H,1H3;1H. The highest BCUT2D eigenvalue weighted by atomic mass is 35.5. The van der Waals surface area contributed by atoms with Gasteiger partial charge in [0.25, 0.3) is 0 Å². The minimum atomic E-state index is 0. The first-order valence-corrected chi connectivity index (χ1v) is 0.947. The molecule has 1 nitrogen and oxygen atoms in total. The maximum absolute atomic E-state index is 7.00. The summed E-state index contributed by atoms with van der Waals surface area (Å²) in [6, 6.07) is 0. The van der Waals surface area contributed by atoms with Gasteiger partial charge in [0.2, 0.25) is 0 Å². The van der Waals surface area contributed by atoms with Crippen LogP contribution in [0.3, 0.4) is 0 Å². The molecule has 0 aliphatic heterocycles. The minimum Gasteiger partial charge on any atom is -0.400 e. The summed E-state index contributed by atoms with van der Waals surface area (Å²) in [5, 5.41) is 7.00.